The highest BCUT2D eigenvalue weighted by Crippen LogP contribution is 2.12. The van der Waals surface area contributed by atoms with Crippen LogP contribution in [0.15, 0.2) is 35.3 Å². The maximum absolute atomic E-state index is 4.62. The molecule has 2 heteroatoms. The number of rotatable bonds is 3. The fourth-order valence-corrected chi connectivity index (χ4v) is 1.68. The minimum absolute atomic E-state index is 0.298. The molecule has 0 aliphatic carbocycles. The molecule has 1 aromatic rings. The lowest BCUT2D eigenvalue weighted by atomic mass is 10.1. The molecule has 76 valence electrons. The first-order chi connectivity index (χ1) is 6.61. The van der Waals surface area contributed by atoms with Gasteiger partial charge < -0.3 is 0 Å². The lowest BCUT2D eigenvalue weighted by molar-refractivity contribution is 0.832. The standard InChI is InChI=1S/C12H16BrN/c1-9(2)14-12(10(3)13)11-7-5-4-6-8-11/h4-10H,1-3H3. The van der Waals surface area contributed by atoms with Gasteiger partial charge >= 0.3 is 0 Å². The van der Waals surface area contributed by atoms with Gasteiger partial charge in [0.1, 0.15) is 0 Å². The molecule has 0 aliphatic heterocycles. The summed E-state index contributed by atoms with van der Waals surface area (Å²) in [5.41, 5.74) is 2.33. The van der Waals surface area contributed by atoms with E-state index in [1.807, 2.05) is 18.2 Å². The molecular formula is C12H16BrN. The van der Waals surface area contributed by atoms with E-state index in [9.17, 15) is 0 Å². The van der Waals surface area contributed by atoms with Crippen LogP contribution in [-0.4, -0.2) is 16.6 Å². The Kier molecular flexibility index (Phi) is 4.33. The van der Waals surface area contributed by atoms with E-state index in [1.54, 1.807) is 0 Å². The second-order valence-electron chi connectivity index (χ2n) is 3.59. The molecule has 0 fully saturated rings. The summed E-state index contributed by atoms with van der Waals surface area (Å²) >= 11 is 3.58. The first-order valence-corrected chi connectivity index (χ1v) is 5.80. The van der Waals surface area contributed by atoms with Crippen LogP contribution < -0.4 is 0 Å². The van der Waals surface area contributed by atoms with Gasteiger partial charge in [-0.3, -0.25) is 4.99 Å². The zero-order chi connectivity index (χ0) is 10.6. The van der Waals surface area contributed by atoms with E-state index in [-0.39, 0.29) is 0 Å². The summed E-state index contributed by atoms with van der Waals surface area (Å²) in [6, 6.07) is 10.6. The van der Waals surface area contributed by atoms with Gasteiger partial charge in [0.15, 0.2) is 0 Å². The summed E-state index contributed by atoms with van der Waals surface area (Å²) in [5.74, 6) is 0. The van der Waals surface area contributed by atoms with Crippen LogP contribution in [-0.2, 0) is 0 Å². The van der Waals surface area contributed by atoms with E-state index < -0.39 is 0 Å². The molecule has 1 aromatic carbocycles. The summed E-state index contributed by atoms with van der Waals surface area (Å²) in [7, 11) is 0. The summed E-state index contributed by atoms with van der Waals surface area (Å²) in [6.07, 6.45) is 0. The van der Waals surface area contributed by atoms with Gasteiger partial charge in [0, 0.05) is 6.04 Å². The molecule has 0 N–H and O–H groups in total. The van der Waals surface area contributed by atoms with Crippen molar-refractivity contribution in [3.05, 3.63) is 35.9 Å². The van der Waals surface area contributed by atoms with E-state index >= 15 is 0 Å². The predicted octanol–water partition coefficient (Wildman–Crippen LogP) is 3.67. The van der Waals surface area contributed by atoms with Crippen molar-refractivity contribution in [2.45, 2.75) is 31.6 Å². The number of hydrogen-bond donors (Lipinski definition) is 0. The Balaban J connectivity index is 3.01. The SMILES string of the molecule is CC(C)N=C(c1ccccc1)C(C)Br. The summed E-state index contributed by atoms with van der Waals surface area (Å²) in [4.78, 5) is 4.91. The first kappa shape index (κ1) is 11.4. The van der Waals surface area contributed by atoms with Crippen molar-refractivity contribution < 1.29 is 0 Å². The molecule has 0 saturated carbocycles. The highest BCUT2D eigenvalue weighted by Gasteiger charge is 2.09. The van der Waals surface area contributed by atoms with Crippen molar-refractivity contribution in [1.82, 2.24) is 0 Å². The van der Waals surface area contributed by atoms with Crippen LogP contribution in [0.4, 0.5) is 0 Å². The fraction of sp³-hybridized carbons (Fsp3) is 0.417. The topological polar surface area (TPSA) is 12.4 Å². The van der Waals surface area contributed by atoms with Crippen LogP contribution >= 0.6 is 15.9 Å². The summed E-state index contributed by atoms with van der Waals surface area (Å²) in [6.45, 7) is 6.30. The summed E-state index contributed by atoms with van der Waals surface area (Å²) in [5, 5.41) is 0. The predicted molar refractivity (Wildman–Crippen MR) is 66.5 cm³/mol. The number of halogens is 1. The maximum Gasteiger partial charge on any atom is 0.0557 e. The Morgan fingerprint density at radius 1 is 1.14 bits per heavy atom. The normalized spacial score (nSPS) is 14.5. The van der Waals surface area contributed by atoms with Gasteiger partial charge in [-0.15, -0.1) is 0 Å². The minimum Gasteiger partial charge on any atom is -0.285 e. The van der Waals surface area contributed by atoms with Gasteiger partial charge in [-0.05, 0) is 26.3 Å². The molecule has 1 rings (SSSR count). The van der Waals surface area contributed by atoms with Crippen molar-refractivity contribution in [2.24, 2.45) is 4.99 Å². The Morgan fingerprint density at radius 3 is 2.14 bits per heavy atom. The number of nitrogens with zero attached hydrogens (tertiary/aromatic N) is 1. The van der Waals surface area contributed by atoms with Crippen LogP contribution in [0.3, 0.4) is 0 Å². The lowest BCUT2D eigenvalue weighted by Gasteiger charge is -2.10. The lowest BCUT2D eigenvalue weighted by Crippen LogP contribution is -2.14. The van der Waals surface area contributed by atoms with Gasteiger partial charge in [0.05, 0.1) is 10.5 Å². The molecule has 0 heterocycles. The molecule has 0 radical (unpaired) electrons. The molecule has 1 nitrogen and oxygen atoms in total. The van der Waals surface area contributed by atoms with Crippen molar-refractivity contribution in [3.8, 4) is 0 Å². The summed E-state index contributed by atoms with van der Waals surface area (Å²) < 4.78 is 0. The smallest absolute Gasteiger partial charge is 0.0557 e. The highest BCUT2D eigenvalue weighted by molar-refractivity contribution is 9.10. The third-order valence-corrected chi connectivity index (χ3v) is 2.28. The average molecular weight is 254 g/mol. The second kappa shape index (κ2) is 5.30. The Hall–Kier alpha value is -0.630. The highest BCUT2D eigenvalue weighted by atomic mass is 79.9. The Bertz CT molecular complexity index is 301. The molecule has 0 saturated heterocycles. The quantitative estimate of drug-likeness (QED) is 0.576. The monoisotopic (exact) mass is 253 g/mol. The number of aliphatic imine (C=N–C) groups is 1. The molecule has 0 aliphatic rings. The number of benzene rings is 1. The van der Waals surface area contributed by atoms with Gasteiger partial charge in [0.2, 0.25) is 0 Å². The van der Waals surface area contributed by atoms with Crippen molar-refractivity contribution in [1.29, 1.82) is 0 Å². The fourth-order valence-electron chi connectivity index (χ4n) is 1.29. The number of hydrogen-bond acceptors (Lipinski definition) is 1. The Labute approximate surface area is 94.4 Å². The molecule has 14 heavy (non-hydrogen) atoms. The van der Waals surface area contributed by atoms with Gasteiger partial charge in [-0.1, -0.05) is 46.3 Å². The Morgan fingerprint density at radius 2 is 1.71 bits per heavy atom. The van der Waals surface area contributed by atoms with Crippen LogP contribution in [0.25, 0.3) is 0 Å². The van der Waals surface area contributed by atoms with Crippen molar-refractivity contribution >= 4 is 21.6 Å². The largest absolute Gasteiger partial charge is 0.285 e. The van der Waals surface area contributed by atoms with Crippen LogP contribution in [0.1, 0.15) is 26.3 Å². The van der Waals surface area contributed by atoms with Gasteiger partial charge in [-0.25, -0.2) is 0 Å². The third-order valence-electron chi connectivity index (χ3n) is 1.84. The van der Waals surface area contributed by atoms with Crippen LogP contribution in [0.5, 0.6) is 0 Å². The molecular weight excluding hydrogens is 238 g/mol. The molecule has 1 unspecified atom stereocenters. The molecule has 0 spiro atoms. The van der Waals surface area contributed by atoms with E-state index in [0.717, 1.165) is 5.71 Å². The maximum atomic E-state index is 4.62. The molecule has 0 bridgehead atoms. The van der Waals surface area contributed by atoms with E-state index in [4.69, 9.17) is 0 Å². The molecule has 1 atom stereocenters. The van der Waals surface area contributed by atoms with Crippen molar-refractivity contribution in [3.63, 3.8) is 0 Å². The molecule has 0 aromatic heterocycles. The first-order valence-electron chi connectivity index (χ1n) is 4.88. The van der Waals surface area contributed by atoms with E-state index in [2.05, 4.69) is 53.8 Å². The second-order valence-corrected chi connectivity index (χ2v) is 4.96. The van der Waals surface area contributed by atoms with E-state index in [0.29, 0.717) is 10.9 Å². The zero-order valence-electron chi connectivity index (χ0n) is 8.87. The average Bonchev–Trinajstić information content (AvgIpc) is 2.15. The third kappa shape index (κ3) is 3.26. The minimum atomic E-state index is 0.298. The van der Waals surface area contributed by atoms with Gasteiger partial charge in [-0.2, -0.15) is 0 Å². The number of alkyl halides is 1. The zero-order valence-corrected chi connectivity index (χ0v) is 10.5. The van der Waals surface area contributed by atoms with Crippen LogP contribution in [0, 0.1) is 0 Å². The molecule has 0 amide bonds. The van der Waals surface area contributed by atoms with Crippen molar-refractivity contribution in [2.75, 3.05) is 0 Å². The van der Waals surface area contributed by atoms with Gasteiger partial charge in [0.25, 0.3) is 0 Å². The van der Waals surface area contributed by atoms with E-state index in [1.165, 1.54) is 5.56 Å². The van der Waals surface area contributed by atoms with Crippen LogP contribution in [0.2, 0.25) is 0 Å².